The van der Waals surface area contributed by atoms with Crippen LogP contribution >= 0.6 is 0 Å². The standard InChI is InChI=1S/C16H27NO2Si/c1-16(2)18-11-14(17-12-20(3,4)5)15(19-16)13-9-7-6-8-10-13/h6-10,14-15,17H,11-12H2,1-5H3/t14-,15-/m0/s1. The minimum Gasteiger partial charge on any atom is -0.349 e. The summed E-state index contributed by atoms with van der Waals surface area (Å²) in [5, 5.41) is 3.66. The summed E-state index contributed by atoms with van der Waals surface area (Å²) >= 11 is 0. The summed E-state index contributed by atoms with van der Waals surface area (Å²) < 4.78 is 12.0. The summed E-state index contributed by atoms with van der Waals surface area (Å²) in [4.78, 5) is 0. The lowest BCUT2D eigenvalue weighted by Crippen LogP contribution is -2.53. The maximum absolute atomic E-state index is 6.17. The van der Waals surface area contributed by atoms with Gasteiger partial charge in [-0.1, -0.05) is 50.0 Å². The Hall–Kier alpha value is -0.683. The van der Waals surface area contributed by atoms with Crippen LogP contribution in [0.5, 0.6) is 0 Å². The molecule has 0 aliphatic carbocycles. The molecule has 1 aromatic carbocycles. The quantitative estimate of drug-likeness (QED) is 0.864. The molecule has 0 aromatic heterocycles. The Morgan fingerprint density at radius 2 is 1.85 bits per heavy atom. The Morgan fingerprint density at radius 3 is 2.45 bits per heavy atom. The van der Waals surface area contributed by atoms with E-state index in [1.54, 1.807) is 0 Å². The second-order valence-electron chi connectivity index (χ2n) is 7.21. The fourth-order valence-corrected chi connectivity index (χ4v) is 3.22. The van der Waals surface area contributed by atoms with Crippen LogP contribution in [0.1, 0.15) is 25.5 Å². The van der Waals surface area contributed by atoms with E-state index in [0.29, 0.717) is 6.61 Å². The number of benzene rings is 1. The van der Waals surface area contributed by atoms with Gasteiger partial charge in [0.05, 0.1) is 20.7 Å². The highest BCUT2D eigenvalue weighted by atomic mass is 28.3. The summed E-state index contributed by atoms with van der Waals surface area (Å²) in [7, 11) is -1.13. The highest BCUT2D eigenvalue weighted by molar-refractivity contribution is 6.76. The molecule has 4 heteroatoms. The maximum atomic E-state index is 6.17. The molecule has 1 saturated heterocycles. The zero-order valence-electron chi connectivity index (χ0n) is 13.3. The molecule has 1 aliphatic heterocycles. The van der Waals surface area contributed by atoms with Gasteiger partial charge in [-0.2, -0.15) is 0 Å². The summed E-state index contributed by atoms with van der Waals surface area (Å²) in [6.45, 7) is 11.8. The molecule has 1 N–H and O–H groups in total. The molecular weight excluding hydrogens is 266 g/mol. The number of hydrogen-bond acceptors (Lipinski definition) is 3. The highest BCUT2D eigenvalue weighted by Gasteiger charge is 2.37. The molecule has 20 heavy (non-hydrogen) atoms. The monoisotopic (exact) mass is 293 g/mol. The van der Waals surface area contributed by atoms with E-state index >= 15 is 0 Å². The minimum absolute atomic E-state index is 0.0521. The lowest BCUT2D eigenvalue weighted by atomic mass is 10.0. The van der Waals surface area contributed by atoms with Gasteiger partial charge in [0.25, 0.3) is 0 Å². The normalized spacial score (nSPS) is 26.4. The van der Waals surface area contributed by atoms with E-state index in [2.05, 4.69) is 49.2 Å². The molecule has 0 amide bonds. The van der Waals surface area contributed by atoms with E-state index in [9.17, 15) is 0 Å². The van der Waals surface area contributed by atoms with Crippen molar-refractivity contribution >= 4 is 8.07 Å². The second kappa shape index (κ2) is 5.98. The summed E-state index contributed by atoms with van der Waals surface area (Å²) in [5.41, 5.74) is 1.22. The first-order chi connectivity index (χ1) is 9.27. The van der Waals surface area contributed by atoms with Crippen molar-refractivity contribution < 1.29 is 9.47 Å². The molecular formula is C16H27NO2Si. The van der Waals surface area contributed by atoms with Gasteiger partial charge in [-0.05, 0) is 25.6 Å². The molecule has 3 nitrogen and oxygen atoms in total. The lowest BCUT2D eigenvalue weighted by molar-refractivity contribution is -0.285. The Bertz CT molecular complexity index is 428. The van der Waals surface area contributed by atoms with Crippen LogP contribution in [0.15, 0.2) is 30.3 Å². The van der Waals surface area contributed by atoms with Crippen LogP contribution in [-0.4, -0.2) is 32.7 Å². The fourth-order valence-electron chi connectivity index (χ4n) is 2.35. The van der Waals surface area contributed by atoms with E-state index in [4.69, 9.17) is 9.47 Å². The van der Waals surface area contributed by atoms with Crippen LogP contribution < -0.4 is 5.32 Å². The molecule has 0 bridgehead atoms. The molecule has 1 fully saturated rings. The van der Waals surface area contributed by atoms with E-state index in [1.807, 2.05) is 19.9 Å². The van der Waals surface area contributed by atoms with Crippen LogP contribution in [0.2, 0.25) is 19.6 Å². The van der Waals surface area contributed by atoms with Gasteiger partial charge < -0.3 is 14.8 Å². The number of hydrogen-bond donors (Lipinski definition) is 1. The predicted molar refractivity (Wildman–Crippen MR) is 85.4 cm³/mol. The Kier molecular flexibility index (Phi) is 4.69. The Labute approximate surface area is 123 Å². The van der Waals surface area contributed by atoms with Crippen LogP contribution in [0.4, 0.5) is 0 Å². The average molecular weight is 293 g/mol. The molecule has 0 spiro atoms. The van der Waals surface area contributed by atoms with Gasteiger partial charge in [0.2, 0.25) is 0 Å². The van der Waals surface area contributed by atoms with Gasteiger partial charge in [-0.25, -0.2) is 0 Å². The SMILES string of the molecule is CC1(C)OC[C@H](NC[Si](C)(C)C)[C@H](c2ccccc2)O1. The third kappa shape index (κ3) is 4.41. The molecule has 1 heterocycles. The Balaban J connectivity index is 2.12. The number of rotatable bonds is 4. The van der Waals surface area contributed by atoms with Gasteiger partial charge >= 0.3 is 0 Å². The molecule has 0 saturated carbocycles. The lowest BCUT2D eigenvalue weighted by Gasteiger charge is -2.42. The second-order valence-corrected chi connectivity index (χ2v) is 12.7. The molecule has 2 rings (SSSR count). The first-order valence-corrected chi connectivity index (χ1v) is 11.1. The Morgan fingerprint density at radius 1 is 1.20 bits per heavy atom. The summed E-state index contributed by atoms with van der Waals surface area (Å²) in [6, 6.07) is 10.7. The number of ether oxygens (including phenoxy) is 2. The minimum atomic E-state index is -1.13. The topological polar surface area (TPSA) is 30.5 Å². The van der Waals surface area contributed by atoms with Gasteiger partial charge in [0, 0.05) is 0 Å². The van der Waals surface area contributed by atoms with Crippen LogP contribution in [0, 0.1) is 0 Å². The number of nitrogens with one attached hydrogen (secondary N) is 1. The van der Waals surface area contributed by atoms with Crippen LogP contribution in [0.3, 0.4) is 0 Å². The van der Waals surface area contributed by atoms with Crippen molar-refractivity contribution in [3.05, 3.63) is 35.9 Å². The summed E-state index contributed by atoms with van der Waals surface area (Å²) in [6.07, 6.45) is 1.13. The van der Waals surface area contributed by atoms with Gasteiger partial charge in [-0.15, -0.1) is 0 Å². The first kappa shape index (κ1) is 15.7. The van der Waals surface area contributed by atoms with Crippen molar-refractivity contribution in [3.63, 3.8) is 0 Å². The molecule has 0 radical (unpaired) electrons. The van der Waals surface area contributed by atoms with Crippen molar-refractivity contribution in [1.29, 1.82) is 0 Å². The van der Waals surface area contributed by atoms with Crippen molar-refractivity contribution in [1.82, 2.24) is 5.32 Å². The first-order valence-electron chi connectivity index (χ1n) is 7.37. The largest absolute Gasteiger partial charge is 0.349 e. The van der Waals surface area contributed by atoms with Crippen molar-refractivity contribution in [2.45, 2.75) is 51.4 Å². The zero-order valence-corrected chi connectivity index (χ0v) is 14.3. The third-order valence-electron chi connectivity index (χ3n) is 3.41. The zero-order chi connectivity index (χ0) is 14.8. The molecule has 0 unspecified atom stereocenters. The van der Waals surface area contributed by atoms with Crippen LogP contribution in [0.25, 0.3) is 0 Å². The average Bonchev–Trinajstić information content (AvgIpc) is 2.36. The van der Waals surface area contributed by atoms with E-state index in [0.717, 1.165) is 6.17 Å². The van der Waals surface area contributed by atoms with Crippen molar-refractivity contribution in [2.75, 3.05) is 12.8 Å². The van der Waals surface area contributed by atoms with E-state index in [-0.39, 0.29) is 12.1 Å². The van der Waals surface area contributed by atoms with Gasteiger partial charge in [-0.3, -0.25) is 0 Å². The molecule has 2 atom stereocenters. The maximum Gasteiger partial charge on any atom is 0.163 e. The molecule has 1 aromatic rings. The highest BCUT2D eigenvalue weighted by Crippen LogP contribution is 2.32. The van der Waals surface area contributed by atoms with Crippen molar-refractivity contribution in [3.8, 4) is 0 Å². The molecule has 1 aliphatic rings. The smallest absolute Gasteiger partial charge is 0.163 e. The molecule has 112 valence electrons. The van der Waals surface area contributed by atoms with Crippen molar-refractivity contribution in [2.24, 2.45) is 0 Å². The van der Waals surface area contributed by atoms with E-state index < -0.39 is 13.9 Å². The van der Waals surface area contributed by atoms with E-state index in [1.165, 1.54) is 5.56 Å². The van der Waals surface area contributed by atoms with Crippen LogP contribution in [-0.2, 0) is 9.47 Å². The predicted octanol–water partition coefficient (Wildman–Crippen LogP) is 3.35. The van der Waals surface area contributed by atoms with Gasteiger partial charge in [0.1, 0.15) is 6.10 Å². The fraction of sp³-hybridized carbons (Fsp3) is 0.625. The summed E-state index contributed by atoms with van der Waals surface area (Å²) in [5.74, 6) is -0.516. The van der Waals surface area contributed by atoms with Gasteiger partial charge in [0.15, 0.2) is 5.79 Å². The third-order valence-corrected chi connectivity index (χ3v) is 4.67.